The standard InChI is InChI=1S/4C8H6.4CH4.H2O.7H2/c4*1-3-5-7-8-6-4-2;;;;;;;;;;;;/h4*1-2H3;4*1H4;1H2;7*1H. The van der Waals surface area contributed by atoms with Crippen molar-refractivity contribution in [2.45, 2.75) is 85.1 Å². The Morgan fingerprint density at radius 2 is 0.297 bits per heavy atom. The second-order valence-corrected chi connectivity index (χ2v) is 4.00. The molecule has 0 aliphatic rings. The SMILES string of the molecule is C.C.C.C.CC#CC#CC#CC.CC#CC#CC#CC.CC#CC#CC#CC.CC#CC#CC#CC.O.[HH].[HH].[HH].[HH].[HH].[HH].[HH]. The minimum atomic E-state index is 0. The van der Waals surface area contributed by atoms with Crippen LogP contribution in [0, 0.1) is 142 Å². The van der Waals surface area contributed by atoms with Crippen LogP contribution in [0.1, 0.15) is 95.1 Å². The van der Waals surface area contributed by atoms with Gasteiger partial charge in [-0.25, -0.2) is 0 Å². The van der Waals surface area contributed by atoms with Crippen molar-refractivity contribution in [2.24, 2.45) is 0 Å². The maximum Gasteiger partial charge on any atom is 0 e. The third kappa shape index (κ3) is 117. The molecular weight excluding hydrogens is 448 g/mol. The molecule has 0 heterocycles. The van der Waals surface area contributed by atoms with E-state index in [1.165, 1.54) is 0 Å². The van der Waals surface area contributed by atoms with Crippen LogP contribution in [0.4, 0.5) is 0 Å². The molecule has 0 atom stereocenters. The van der Waals surface area contributed by atoms with E-state index in [0.29, 0.717) is 0 Å². The van der Waals surface area contributed by atoms with Crippen LogP contribution in [0.5, 0.6) is 0 Å². The van der Waals surface area contributed by atoms with Crippen LogP contribution in [0.3, 0.4) is 0 Å². The fraction of sp³-hybridized carbons (Fsp3) is 0.333. The van der Waals surface area contributed by atoms with E-state index in [9.17, 15) is 0 Å². The molecule has 0 aromatic carbocycles. The van der Waals surface area contributed by atoms with Gasteiger partial charge in [0.2, 0.25) is 0 Å². The highest BCUT2D eigenvalue weighted by molar-refractivity contribution is 5.36. The van der Waals surface area contributed by atoms with Crippen LogP contribution in [0.25, 0.3) is 0 Å². The van der Waals surface area contributed by atoms with Gasteiger partial charge in [0.1, 0.15) is 0 Å². The topological polar surface area (TPSA) is 31.5 Å². The first-order chi connectivity index (χ1) is 15.7. The molecule has 0 fully saturated rings. The van der Waals surface area contributed by atoms with Gasteiger partial charge in [-0.15, -0.1) is 0 Å². The van der Waals surface area contributed by atoms with Gasteiger partial charge in [0.15, 0.2) is 0 Å². The van der Waals surface area contributed by atoms with Crippen molar-refractivity contribution >= 4 is 0 Å². The molecule has 37 heavy (non-hydrogen) atoms. The van der Waals surface area contributed by atoms with Crippen LogP contribution in [-0.4, -0.2) is 5.48 Å². The summed E-state index contributed by atoms with van der Waals surface area (Å²) in [4.78, 5) is 0. The maximum absolute atomic E-state index is 2.64. The minimum absolute atomic E-state index is 0. The van der Waals surface area contributed by atoms with Gasteiger partial charge in [-0.2, -0.15) is 0 Å². The van der Waals surface area contributed by atoms with Crippen molar-refractivity contribution in [1.82, 2.24) is 0 Å². The van der Waals surface area contributed by atoms with Crippen LogP contribution >= 0.6 is 0 Å². The van der Waals surface area contributed by atoms with Crippen LogP contribution < -0.4 is 0 Å². The lowest BCUT2D eigenvalue weighted by Gasteiger charge is -1.52. The van der Waals surface area contributed by atoms with Gasteiger partial charge in [0.25, 0.3) is 0 Å². The molecule has 0 bridgehead atoms. The van der Waals surface area contributed by atoms with Crippen molar-refractivity contribution < 1.29 is 15.5 Å². The Morgan fingerprint density at radius 3 is 0.351 bits per heavy atom. The Kier molecular flexibility index (Phi) is 121. The Morgan fingerprint density at radius 1 is 0.216 bits per heavy atom. The molecule has 2 N–H and O–H groups in total. The number of hydrogen-bond donors (Lipinski definition) is 0. The van der Waals surface area contributed by atoms with E-state index in [-0.39, 0.29) is 45.2 Å². The molecule has 0 rings (SSSR count). The summed E-state index contributed by atoms with van der Waals surface area (Å²) in [6.45, 7) is 14.0. The largest absolute Gasteiger partial charge is 0.412 e. The second-order valence-electron chi connectivity index (χ2n) is 4.00. The van der Waals surface area contributed by atoms with Crippen molar-refractivity contribution in [3.8, 4) is 142 Å². The van der Waals surface area contributed by atoms with E-state index < -0.39 is 0 Å². The number of rotatable bonds is 0. The second kappa shape index (κ2) is 77.5. The first-order valence-corrected chi connectivity index (χ1v) is 9.00. The first-order valence-electron chi connectivity index (χ1n) is 9.00. The highest BCUT2D eigenvalue weighted by Crippen LogP contribution is 1.54. The summed E-state index contributed by atoms with van der Waals surface area (Å²) in [5.41, 5.74) is 0. The molecule has 0 aromatic rings. The molecule has 0 radical (unpaired) electrons. The highest BCUT2D eigenvalue weighted by Gasteiger charge is 1.50. The lowest BCUT2D eigenvalue weighted by molar-refractivity contribution is 0.824. The average molecular weight is 505 g/mol. The molecule has 0 aliphatic heterocycles. The predicted octanol–water partition coefficient (Wildman–Crippen LogP) is 7.59. The van der Waals surface area contributed by atoms with Crippen molar-refractivity contribution in [3.05, 3.63) is 0 Å². The molecule has 0 aliphatic carbocycles. The predicted molar refractivity (Wildman–Crippen MR) is 184 cm³/mol. The van der Waals surface area contributed by atoms with Gasteiger partial charge in [-0.1, -0.05) is 77.1 Å². The molecule has 0 saturated carbocycles. The van der Waals surface area contributed by atoms with E-state index in [1.54, 1.807) is 55.4 Å². The summed E-state index contributed by atoms with van der Waals surface area (Å²) in [6, 6.07) is 0. The quantitative estimate of drug-likeness (QED) is 0.304. The molecule has 0 aromatic heterocycles. The van der Waals surface area contributed by atoms with Gasteiger partial charge in [0, 0.05) is 9.99 Å². The molecule has 1 nitrogen and oxygen atoms in total. The lowest BCUT2D eigenvalue weighted by atomic mass is 10.5. The zero-order chi connectivity index (χ0) is 25.0. The lowest BCUT2D eigenvalue weighted by Crippen LogP contribution is -1.48. The van der Waals surface area contributed by atoms with E-state index in [2.05, 4.69) is 142 Å². The molecular formula is C36H56O. The van der Waals surface area contributed by atoms with E-state index in [4.69, 9.17) is 0 Å². The van der Waals surface area contributed by atoms with E-state index >= 15 is 0 Å². The summed E-state index contributed by atoms with van der Waals surface area (Å²) < 4.78 is 0. The number of hydrogen-bond acceptors (Lipinski definition) is 0. The summed E-state index contributed by atoms with van der Waals surface area (Å²) >= 11 is 0. The normalized spacial score (nSPS) is 3.24. The fourth-order valence-corrected chi connectivity index (χ4v) is 0.750. The smallest absolute Gasteiger partial charge is 0 e. The summed E-state index contributed by atoms with van der Waals surface area (Å²) in [6.07, 6.45) is 0. The van der Waals surface area contributed by atoms with Gasteiger partial charge >= 0.3 is 0 Å². The van der Waals surface area contributed by atoms with Crippen LogP contribution in [0.15, 0.2) is 0 Å². The summed E-state index contributed by atoms with van der Waals surface area (Å²) in [7, 11) is 0. The summed E-state index contributed by atoms with van der Waals surface area (Å²) in [5, 5.41) is 0. The molecule has 1 heteroatoms. The first kappa shape index (κ1) is 58.0. The van der Waals surface area contributed by atoms with Crippen molar-refractivity contribution in [1.29, 1.82) is 0 Å². The Labute approximate surface area is 242 Å². The van der Waals surface area contributed by atoms with Crippen molar-refractivity contribution in [3.63, 3.8) is 0 Å². The van der Waals surface area contributed by atoms with Gasteiger partial charge in [-0.3, -0.25) is 0 Å². The molecule has 0 saturated heterocycles. The molecule has 0 spiro atoms. The fourth-order valence-electron chi connectivity index (χ4n) is 0.750. The molecule has 0 amide bonds. The Bertz CT molecular complexity index is 1010. The Balaban J connectivity index is -0.0000000156. The maximum atomic E-state index is 2.64. The monoisotopic (exact) mass is 504 g/mol. The third-order valence-electron chi connectivity index (χ3n) is 1.75. The highest BCUT2D eigenvalue weighted by atomic mass is 16.0. The molecule has 0 unspecified atom stereocenters. The van der Waals surface area contributed by atoms with Gasteiger partial charge in [0.05, 0.1) is 0 Å². The van der Waals surface area contributed by atoms with Crippen LogP contribution in [-0.2, 0) is 0 Å². The Hall–Kier alpha value is -5.32. The molecule has 206 valence electrons. The zero-order valence-electron chi connectivity index (χ0n) is 20.5. The van der Waals surface area contributed by atoms with Crippen molar-refractivity contribution in [2.75, 3.05) is 0 Å². The van der Waals surface area contributed by atoms with E-state index in [1.807, 2.05) is 0 Å². The van der Waals surface area contributed by atoms with Crippen LogP contribution in [0.2, 0.25) is 0 Å². The van der Waals surface area contributed by atoms with E-state index in [0.717, 1.165) is 0 Å². The van der Waals surface area contributed by atoms with Gasteiger partial charge < -0.3 is 5.48 Å². The third-order valence-corrected chi connectivity index (χ3v) is 1.75. The van der Waals surface area contributed by atoms with Gasteiger partial charge in [-0.05, 0) is 150 Å². The zero-order valence-corrected chi connectivity index (χ0v) is 20.5. The summed E-state index contributed by atoms with van der Waals surface area (Å²) in [5.74, 6) is 62.0. The minimum Gasteiger partial charge on any atom is -0.412 e. The average Bonchev–Trinajstić information content (AvgIpc) is 2.82.